The summed E-state index contributed by atoms with van der Waals surface area (Å²) in [6.07, 6.45) is 12.9. The zero-order valence-corrected chi connectivity index (χ0v) is 20.0. The fraction of sp³-hybridized carbons (Fsp3) is 0.321. The number of hydrogen-bond acceptors (Lipinski definition) is 4. The first-order chi connectivity index (χ1) is 16.7. The SMILES string of the molecule is CCc1cn(CCCc2ccccc2)c2ncccc12.CNC(=O)/C(=C\C=O)C1=CCCCO1. The molecule has 0 saturated heterocycles. The Kier molecular flexibility index (Phi) is 9.65. The van der Waals surface area contributed by atoms with Crippen molar-refractivity contribution in [1.82, 2.24) is 14.9 Å². The standard InChI is InChI=1S/C18H20N2.C10H13NO3/c1-2-16-14-20(18-17(16)11-6-12-19-18)13-7-10-15-8-4-3-5-9-15;1-11-10(13)8(5-6-12)9-4-2-3-7-14-9/h3-6,8-9,11-12,14H,2,7,10,13H2,1H3;4-6H,2-3,7H2,1H3,(H,11,13)/b;8-5-. The van der Waals surface area contributed by atoms with E-state index in [0.29, 0.717) is 24.2 Å². The molecule has 0 aliphatic carbocycles. The lowest BCUT2D eigenvalue weighted by Gasteiger charge is -2.16. The Bertz CT molecular complexity index is 1150. The highest BCUT2D eigenvalue weighted by Crippen LogP contribution is 2.20. The zero-order valence-electron chi connectivity index (χ0n) is 20.0. The lowest BCUT2D eigenvalue weighted by atomic mass is 10.1. The van der Waals surface area contributed by atoms with Crippen LogP contribution in [0.2, 0.25) is 0 Å². The molecule has 0 bridgehead atoms. The Morgan fingerprint density at radius 3 is 2.71 bits per heavy atom. The van der Waals surface area contributed by atoms with Crippen molar-refractivity contribution in [2.24, 2.45) is 0 Å². The number of likely N-dealkylation sites (N-methyl/N-ethyl adjacent to an activating group) is 1. The van der Waals surface area contributed by atoms with Gasteiger partial charge in [-0.25, -0.2) is 4.98 Å². The first-order valence-corrected chi connectivity index (χ1v) is 11.9. The molecule has 3 aromatic rings. The summed E-state index contributed by atoms with van der Waals surface area (Å²) in [5.41, 5.74) is 4.22. The minimum atomic E-state index is -0.301. The topological polar surface area (TPSA) is 73.2 Å². The number of carbonyl (C=O) groups is 2. The van der Waals surface area contributed by atoms with E-state index in [4.69, 9.17) is 4.74 Å². The lowest BCUT2D eigenvalue weighted by molar-refractivity contribution is -0.117. The maximum Gasteiger partial charge on any atom is 0.254 e. The molecule has 0 unspecified atom stereocenters. The highest BCUT2D eigenvalue weighted by Gasteiger charge is 2.16. The van der Waals surface area contributed by atoms with Crippen molar-refractivity contribution in [3.05, 3.63) is 89.5 Å². The monoisotopic (exact) mass is 459 g/mol. The van der Waals surface area contributed by atoms with Crippen LogP contribution < -0.4 is 5.32 Å². The summed E-state index contributed by atoms with van der Waals surface area (Å²) >= 11 is 0. The number of benzene rings is 1. The summed E-state index contributed by atoms with van der Waals surface area (Å²) in [7, 11) is 1.52. The molecule has 1 amide bonds. The molecule has 0 saturated carbocycles. The molecule has 0 spiro atoms. The van der Waals surface area contributed by atoms with Crippen LogP contribution in [0, 0.1) is 0 Å². The first-order valence-electron chi connectivity index (χ1n) is 11.9. The van der Waals surface area contributed by atoms with E-state index >= 15 is 0 Å². The number of aromatic nitrogens is 2. The highest BCUT2D eigenvalue weighted by molar-refractivity contribution is 6.00. The number of nitrogens with zero attached hydrogens (tertiary/aromatic N) is 2. The summed E-state index contributed by atoms with van der Waals surface area (Å²) in [6, 6.07) is 14.9. The van der Waals surface area contributed by atoms with Crippen molar-refractivity contribution in [2.45, 2.75) is 45.6 Å². The molecule has 1 aliphatic rings. The van der Waals surface area contributed by atoms with Crippen molar-refractivity contribution in [3.63, 3.8) is 0 Å². The molecule has 0 radical (unpaired) electrons. The van der Waals surface area contributed by atoms with Gasteiger partial charge in [0.15, 0.2) is 0 Å². The van der Waals surface area contributed by atoms with E-state index in [2.05, 4.69) is 64.4 Å². The van der Waals surface area contributed by atoms with Crippen LogP contribution in [0.25, 0.3) is 11.0 Å². The van der Waals surface area contributed by atoms with Gasteiger partial charge in [0.05, 0.1) is 12.2 Å². The smallest absolute Gasteiger partial charge is 0.254 e. The van der Waals surface area contributed by atoms with E-state index in [9.17, 15) is 9.59 Å². The fourth-order valence-electron chi connectivity index (χ4n) is 3.96. The third-order valence-electron chi connectivity index (χ3n) is 5.71. The minimum absolute atomic E-state index is 0.294. The molecule has 6 nitrogen and oxygen atoms in total. The molecule has 1 aliphatic heterocycles. The van der Waals surface area contributed by atoms with Gasteiger partial charge in [-0.2, -0.15) is 0 Å². The number of amides is 1. The summed E-state index contributed by atoms with van der Waals surface area (Å²) in [5.74, 6) is 0.202. The van der Waals surface area contributed by atoms with Gasteiger partial charge in [-0.15, -0.1) is 0 Å². The summed E-state index contributed by atoms with van der Waals surface area (Å²) in [5, 5.41) is 3.76. The number of aryl methyl sites for hydroxylation is 3. The van der Waals surface area contributed by atoms with Gasteiger partial charge in [-0.05, 0) is 67.5 Å². The molecule has 4 rings (SSSR count). The van der Waals surface area contributed by atoms with Crippen LogP contribution in [0.5, 0.6) is 0 Å². The third-order valence-corrected chi connectivity index (χ3v) is 5.71. The van der Waals surface area contributed by atoms with E-state index in [1.54, 1.807) is 0 Å². The van der Waals surface area contributed by atoms with E-state index in [-0.39, 0.29) is 5.91 Å². The number of fused-ring (bicyclic) bond motifs is 1. The second kappa shape index (κ2) is 13.1. The summed E-state index contributed by atoms with van der Waals surface area (Å²) in [4.78, 5) is 26.2. The summed E-state index contributed by atoms with van der Waals surface area (Å²) < 4.78 is 7.59. The average Bonchev–Trinajstić information content (AvgIpc) is 3.26. The van der Waals surface area contributed by atoms with Crippen LogP contribution in [0.15, 0.2) is 78.3 Å². The molecule has 34 heavy (non-hydrogen) atoms. The van der Waals surface area contributed by atoms with E-state index in [0.717, 1.165) is 44.3 Å². The highest BCUT2D eigenvalue weighted by atomic mass is 16.5. The Labute approximate surface area is 201 Å². The molecular formula is C28H33N3O3. The zero-order chi connectivity index (χ0) is 24.2. The van der Waals surface area contributed by atoms with Gasteiger partial charge in [0.25, 0.3) is 5.91 Å². The van der Waals surface area contributed by atoms with Crippen LogP contribution in [0.1, 0.15) is 37.3 Å². The van der Waals surface area contributed by atoms with Crippen LogP contribution in [0.4, 0.5) is 0 Å². The van der Waals surface area contributed by atoms with Crippen molar-refractivity contribution in [2.75, 3.05) is 13.7 Å². The number of rotatable bonds is 8. The van der Waals surface area contributed by atoms with Gasteiger partial charge >= 0.3 is 0 Å². The number of pyridine rings is 1. The number of nitrogens with one attached hydrogen (secondary N) is 1. The third kappa shape index (κ3) is 6.67. The number of carbonyl (C=O) groups excluding carboxylic acids is 2. The van der Waals surface area contributed by atoms with Crippen molar-refractivity contribution < 1.29 is 14.3 Å². The molecule has 2 aromatic heterocycles. The fourth-order valence-corrected chi connectivity index (χ4v) is 3.96. The van der Waals surface area contributed by atoms with Crippen molar-refractivity contribution >= 4 is 23.2 Å². The van der Waals surface area contributed by atoms with Gasteiger partial charge in [0, 0.05) is 31.4 Å². The maximum absolute atomic E-state index is 11.3. The Balaban J connectivity index is 0.000000204. The quantitative estimate of drug-likeness (QED) is 0.389. The average molecular weight is 460 g/mol. The number of ether oxygens (including phenoxy) is 1. The largest absolute Gasteiger partial charge is 0.493 e. The van der Waals surface area contributed by atoms with Gasteiger partial charge in [-0.1, -0.05) is 37.3 Å². The van der Waals surface area contributed by atoms with Crippen LogP contribution in [0.3, 0.4) is 0 Å². The van der Waals surface area contributed by atoms with Gasteiger partial charge in [0.2, 0.25) is 0 Å². The maximum atomic E-state index is 11.3. The second-order valence-corrected chi connectivity index (χ2v) is 8.02. The molecular weight excluding hydrogens is 426 g/mol. The second-order valence-electron chi connectivity index (χ2n) is 8.02. The predicted octanol–water partition coefficient (Wildman–Crippen LogP) is 4.78. The van der Waals surface area contributed by atoms with Gasteiger partial charge in [0.1, 0.15) is 17.7 Å². The van der Waals surface area contributed by atoms with E-state index in [1.807, 2.05) is 18.3 Å². The normalized spacial score (nSPS) is 13.4. The van der Waals surface area contributed by atoms with Crippen LogP contribution in [-0.2, 0) is 33.7 Å². The number of allylic oxidation sites excluding steroid dienone is 2. The molecule has 1 aromatic carbocycles. The summed E-state index contributed by atoms with van der Waals surface area (Å²) in [6.45, 7) is 3.83. The van der Waals surface area contributed by atoms with Crippen LogP contribution >= 0.6 is 0 Å². The number of aldehydes is 1. The van der Waals surface area contributed by atoms with Crippen molar-refractivity contribution in [3.8, 4) is 0 Å². The Hall–Kier alpha value is -3.67. The Morgan fingerprint density at radius 2 is 2.03 bits per heavy atom. The van der Waals surface area contributed by atoms with E-state index in [1.165, 1.54) is 29.6 Å². The minimum Gasteiger partial charge on any atom is -0.493 e. The van der Waals surface area contributed by atoms with Crippen LogP contribution in [-0.4, -0.2) is 35.4 Å². The first kappa shape index (κ1) is 25.0. The van der Waals surface area contributed by atoms with Gasteiger partial charge < -0.3 is 14.6 Å². The molecule has 6 heteroatoms. The van der Waals surface area contributed by atoms with E-state index < -0.39 is 0 Å². The molecule has 178 valence electrons. The van der Waals surface area contributed by atoms with Crippen molar-refractivity contribution in [1.29, 1.82) is 0 Å². The predicted molar refractivity (Wildman–Crippen MR) is 135 cm³/mol. The lowest BCUT2D eigenvalue weighted by Crippen LogP contribution is -2.23. The Morgan fingerprint density at radius 1 is 1.21 bits per heavy atom. The van der Waals surface area contributed by atoms with Gasteiger partial charge in [-0.3, -0.25) is 9.59 Å². The molecule has 0 fully saturated rings. The molecule has 3 heterocycles. The number of hydrogen-bond donors (Lipinski definition) is 1. The molecule has 0 atom stereocenters. The molecule has 1 N–H and O–H groups in total.